The predicted molar refractivity (Wildman–Crippen MR) is 102 cm³/mol. The van der Waals surface area contributed by atoms with Crippen LogP contribution in [0.25, 0.3) is 11.3 Å². The fourth-order valence-corrected chi connectivity index (χ4v) is 3.17. The SMILES string of the molecule is CCCNC(=O)C1CCN(c2ccc(-c3ccc(OC)cc3)nn2)CC1. The molecule has 0 radical (unpaired) electrons. The van der Waals surface area contributed by atoms with Crippen molar-refractivity contribution in [2.75, 3.05) is 31.6 Å². The van der Waals surface area contributed by atoms with Crippen molar-refractivity contribution in [3.63, 3.8) is 0 Å². The van der Waals surface area contributed by atoms with E-state index >= 15 is 0 Å². The van der Waals surface area contributed by atoms with Gasteiger partial charge in [0.25, 0.3) is 0 Å². The van der Waals surface area contributed by atoms with Crippen LogP contribution >= 0.6 is 0 Å². The van der Waals surface area contributed by atoms with Crippen LogP contribution in [0.2, 0.25) is 0 Å². The molecule has 1 amide bonds. The maximum atomic E-state index is 12.1. The third-order valence-corrected chi connectivity index (χ3v) is 4.78. The Kier molecular flexibility index (Phi) is 6.04. The van der Waals surface area contributed by atoms with Gasteiger partial charge in [-0.05, 0) is 55.7 Å². The molecular formula is C20H26N4O2. The first-order chi connectivity index (χ1) is 12.7. The van der Waals surface area contributed by atoms with Gasteiger partial charge in [-0.1, -0.05) is 6.92 Å². The summed E-state index contributed by atoms with van der Waals surface area (Å²) in [5.41, 5.74) is 1.85. The first-order valence-electron chi connectivity index (χ1n) is 9.22. The van der Waals surface area contributed by atoms with Crippen LogP contribution in [-0.2, 0) is 4.79 Å². The van der Waals surface area contributed by atoms with Crippen molar-refractivity contribution in [3.8, 4) is 17.0 Å². The first kappa shape index (κ1) is 18.2. The Labute approximate surface area is 154 Å². The number of hydrogen-bond acceptors (Lipinski definition) is 5. The number of carbonyl (C=O) groups excluding carboxylic acids is 1. The zero-order chi connectivity index (χ0) is 18.4. The highest BCUT2D eigenvalue weighted by Crippen LogP contribution is 2.24. The number of piperidine rings is 1. The minimum Gasteiger partial charge on any atom is -0.497 e. The third kappa shape index (κ3) is 4.31. The summed E-state index contributed by atoms with van der Waals surface area (Å²) in [6, 6.07) is 11.8. The van der Waals surface area contributed by atoms with Gasteiger partial charge in [-0.15, -0.1) is 10.2 Å². The van der Waals surface area contributed by atoms with Crippen LogP contribution in [0.1, 0.15) is 26.2 Å². The Bertz CT molecular complexity index is 708. The van der Waals surface area contributed by atoms with Crippen molar-refractivity contribution in [2.24, 2.45) is 5.92 Å². The molecule has 2 heterocycles. The minimum absolute atomic E-state index is 0.115. The van der Waals surface area contributed by atoms with Crippen LogP contribution < -0.4 is 15.0 Å². The molecule has 3 rings (SSSR count). The Morgan fingerprint density at radius 3 is 2.46 bits per heavy atom. The fourth-order valence-electron chi connectivity index (χ4n) is 3.17. The summed E-state index contributed by atoms with van der Waals surface area (Å²) in [5.74, 6) is 2.00. The lowest BCUT2D eigenvalue weighted by atomic mass is 9.96. The molecule has 138 valence electrons. The molecule has 1 aromatic heterocycles. The quantitative estimate of drug-likeness (QED) is 0.864. The van der Waals surface area contributed by atoms with E-state index < -0.39 is 0 Å². The second-order valence-corrected chi connectivity index (χ2v) is 6.56. The summed E-state index contributed by atoms with van der Waals surface area (Å²) in [6.45, 7) is 4.50. The second kappa shape index (κ2) is 8.65. The lowest BCUT2D eigenvalue weighted by Crippen LogP contribution is -2.41. The number of aromatic nitrogens is 2. The molecule has 1 N–H and O–H groups in total. The van der Waals surface area contributed by atoms with Gasteiger partial charge in [0.2, 0.25) is 5.91 Å². The van der Waals surface area contributed by atoms with Gasteiger partial charge in [-0.2, -0.15) is 0 Å². The maximum Gasteiger partial charge on any atom is 0.223 e. The highest BCUT2D eigenvalue weighted by Gasteiger charge is 2.25. The maximum absolute atomic E-state index is 12.1. The van der Waals surface area contributed by atoms with Crippen molar-refractivity contribution < 1.29 is 9.53 Å². The number of ether oxygens (including phenoxy) is 1. The molecular weight excluding hydrogens is 328 g/mol. The molecule has 1 saturated heterocycles. The van der Waals surface area contributed by atoms with E-state index in [0.717, 1.165) is 61.7 Å². The number of anilines is 1. The minimum atomic E-state index is 0.115. The molecule has 2 aromatic rings. The average molecular weight is 354 g/mol. The van der Waals surface area contributed by atoms with Gasteiger partial charge < -0.3 is 15.0 Å². The molecule has 1 aliphatic rings. The van der Waals surface area contributed by atoms with Gasteiger partial charge in [0.05, 0.1) is 12.8 Å². The third-order valence-electron chi connectivity index (χ3n) is 4.78. The number of carbonyl (C=O) groups is 1. The van der Waals surface area contributed by atoms with E-state index in [4.69, 9.17) is 4.74 Å². The molecule has 6 nitrogen and oxygen atoms in total. The van der Waals surface area contributed by atoms with Gasteiger partial charge in [0.1, 0.15) is 5.75 Å². The molecule has 1 fully saturated rings. The van der Waals surface area contributed by atoms with Crippen LogP contribution in [0.3, 0.4) is 0 Å². The number of hydrogen-bond donors (Lipinski definition) is 1. The molecule has 0 aliphatic carbocycles. The molecule has 26 heavy (non-hydrogen) atoms. The van der Waals surface area contributed by atoms with E-state index in [9.17, 15) is 4.79 Å². The second-order valence-electron chi connectivity index (χ2n) is 6.56. The average Bonchev–Trinajstić information content (AvgIpc) is 2.72. The standard InChI is InChI=1S/C20H26N4O2/c1-3-12-21-20(25)16-10-13-24(14-11-16)19-9-8-18(22-23-19)15-4-6-17(26-2)7-5-15/h4-9,16H,3,10-14H2,1-2H3,(H,21,25). The first-order valence-corrected chi connectivity index (χ1v) is 9.22. The molecule has 1 aliphatic heterocycles. The van der Waals surface area contributed by atoms with E-state index in [0.29, 0.717) is 0 Å². The van der Waals surface area contributed by atoms with Gasteiger partial charge in [0, 0.05) is 31.1 Å². The van der Waals surface area contributed by atoms with Crippen LogP contribution in [0.4, 0.5) is 5.82 Å². The van der Waals surface area contributed by atoms with Crippen molar-refractivity contribution in [3.05, 3.63) is 36.4 Å². The van der Waals surface area contributed by atoms with Crippen LogP contribution in [-0.4, -0.2) is 42.8 Å². The summed E-state index contributed by atoms with van der Waals surface area (Å²) in [4.78, 5) is 14.3. The Morgan fingerprint density at radius 1 is 1.15 bits per heavy atom. The van der Waals surface area contributed by atoms with Crippen LogP contribution in [0, 0.1) is 5.92 Å². The number of rotatable bonds is 6. The number of amides is 1. The van der Waals surface area contributed by atoms with Crippen molar-refractivity contribution >= 4 is 11.7 Å². The van der Waals surface area contributed by atoms with E-state index in [2.05, 4.69) is 27.3 Å². The molecule has 0 saturated carbocycles. The summed E-state index contributed by atoms with van der Waals surface area (Å²) in [5, 5.41) is 11.7. The number of nitrogens with zero attached hydrogens (tertiary/aromatic N) is 3. The normalized spacial score (nSPS) is 14.9. The topological polar surface area (TPSA) is 67.4 Å². The largest absolute Gasteiger partial charge is 0.497 e. The summed E-state index contributed by atoms with van der Waals surface area (Å²) in [6.07, 6.45) is 2.69. The Morgan fingerprint density at radius 2 is 1.88 bits per heavy atom. The van der Waals surface area contributed by atoms with Crippen LogP contribution in [0.15, 0.2) is 36.4 Å². The number of benzene rings is 1. The summed E-state index contributed by atoms with van der Waals surface area (Å²) >= 11 is 0. The molecule has 0 unspecified atom stereocenters. The van der Waals surface area contributed by atoms with E-state index in [-0.39, 0.29) is 11.8 Å². The fraction of sp³-hybridized carbons (Fsp3) is 0.450. The molecule has 1 aromatic carbocycles. The Hall–Kier alpha value is -2.63. The molecule has 0 bridgehead atoms. The zero-order valence-electron chi connectivity index (χ0n) is 15.4. The summed E-state index contributed by atoms with van der Waals surface area (Å²) < 4.78 is 5.18. The summed E-state index contributed by atoms with van der Waals surface area (Å²) in [7, 11) is 1.65. The van der Waals surface area contributed by atoms with Gasteiger partial charge >= 0.3 is 0 Å². The lowest BCUT2D eigenvalue weighted by molar-refractivity contribution is -0.125. The highest BCUT2D eigenvalue weighted by atomic mass is 16.5. The monoisotopic (exact) mass is 354 g/mol. The van der Waals surface area contributed by atoms with E-state index in [1.54, 1.807) is 7.11 Å². The smallest absolute Gasteiger partial charge is 0.223 e. The highest BCUT2D eigenvalue weighted by molar-refractivity contribution is 5.78. The van der Waals surface area contributed by atoms with E-state index in [1.165, 1.54) is 0 Å². The molecule has 6 heteroatoms. The van der Waals surface area contributed by atoms with Crippen molar-refractivity contribution in [2.45, 2.75) is 26.2 Å². The van der Waals surface area contributed by atoms with Gasteiger partial charge in [0.15, 0.2) is 5.82 Å². The van der Waals surface area contributed by atoms with Gasteiger partial charge in [-0.25, -0.2) is 0 Å². The van der Waals surface area contributed by atoms with Crippen molar-refractivity contribution in [1.82, 2.24) is 15.5 Å². The predicted octanol–water partition coefficient (Wildman–Crippen LogP) is 2.89. The van der Waals surface area contributed by atoms with E-state index in [1.807, 2.05) is 36.4 Å². The molecule has 0 spiro atoms. The lowest BCUT2D eigenvalue weighted by Gasteiger charge is -2.31. The van der Waals surface area contributed by atoms with Crippen molar-refractivity contribution in [1.29, 1.82) is 0 Å². The van der Waals surface area contributed by atoms with Crippen LogP contribution in [0.5, 0.6) is 5.75 Å². The van der Waals surface area contributed by atoms with Gasteiger partial charge in [-0.3, -0.25) is 4.79 Å². The Balaban J connectivity index is 1.58. The number of methoxy groups -OCH3 is 1. The number of nitrogens with one attached hydrogen (secondary N) is 1. The molecule has 0 atom stereocenters. The zero-order valence-corrected chi connectivity index (χ0v) is 15.4.